The van der Waals surface area contributed by atoms with Gasteiger partial charge in [0.25, 0.3) is 11.8 Å². The first-order chi connectivity index (χ1) is 18.6. The number of hydrazone groups is 2. The summed E-state index contributed by atoms with van der Waals surface area (Å²) in [5, 5.41) is 8.32. The number of amides is 2. The van der Waals surface area contributed by atoms with Gasteiger partial charge in [0.15, 0.2) is 11.5 Å². The summed E-state index contributed by atoms with van der Waals surface area (Å²) in [5.74, 6) is -0.836. The quantitative estimate of drug-likeness (QED) is 0.149. The molecule has 0 fully saturated rings. The molecule has 39 heavy (non-hydrogen) atoms. The topological polar surface area (TPSA) is 101 Å². The molecular formula is C24H24Cl4N4O4S3. The molecule has 0 unspecified atom stereocenters. The van der Waals surface area contributed by atoms with Gasteiger partial charge >= 0.3 is 0 Å². The zero-order valence-corrected chi connectivity index (χ0v) is 26.7. The fourth-order valence-corrected chi connectivity index (χ4v) is 7.13. The summed E-state index contributed by atoms with van der Waals surface area (Å²) in [4.78, 5) is 26.7. The van der Waals surface area contributed by atoms with E-state index >= 15 is 0 Å². The van der Waals surface area contributed by atoms with E-state index in [0.717, 1.165) is 11.3 Å². The van der Waals surface area contributed by atoms with Crippen LogP contribution in [-0.2, 0) is 0 Å². The van der Waals surface area contributed by atoms with Crippen molar-refractivity contribution in [1.29, 1.82) is 0 Å². The predicted molar refractivity (Wildman–Crippen MR) is 164 cm³/mol. The van der Waals surface area contributed by atoms with Crippen molar-refractivity contribution < 1.29 is 19.1 Å². The monoisotopic (exact) mass is 668 g/mol. The molecule has 210 valence electrons. The van der Waals surface area contributed by atoms with Crippen LogP contribution in [0.25, 0.3) is 0 Å². The Balaban J connectivity index is 1.94. The Morgan fingerprint density at radius 2 is 1.13 bits per heavy atom. The van der Waals surface area contributed by atoms with Gasteiger partial charge in [-0.1, -0.05) is 60.3 Å². The van der Waals surface area contributed by atoms with E-state index in [9.17, 15) is 9.59 Å². The number of nitrogens with one attached hydrogen (secondary N) is 2. The first-order valence-electron chi connectivity index (χ1n) is 11.6. The van der Waals surface area contributed by atoms with Crippen LogP contribution in [0.5, 0.6) is 11.5 Å². The smallest absolute Gasteiger partial charge is 0.285 e. The molecule has 0 atom stereocenters. The molecule has 0 aliphatic rings. The Kier molecular flexibility index (Phi) is 11.9. The molecule has 2 amide bonds. The first-order valence-corrected chi connectivity index (χ1v) is 15.5. The van der Waals surface area contributed by atoms with E-state index in [1.807, 2.05) is 13.8 Å². The number of hydrogen-bond donors (Lipinski definition) is 2. The minimum Gasteiger partial charge on any atom is -0.488 e. The number of carbonyl (C=O) groups is 2. The third-order valence-electron chi connectivity index (χ3n) is 4.88. The Bertz CT molecular complexity index is 1310. The molecule has 0 radical (unpaired) electrons. The summed E-state index contributed by atoms with van der Waals surface area (Å²) in [6.45, 7) is 7.84. The van der Waals surface area contributed by atoms with E-state index in [1.165, 1.54) is 22.7 Å². The van der Waals surface area contributed by atoms with Gasteiger partial charge in [-0.25, -0.2) is 10.9 Å². The normalized spacial score (nSPS) is 12.0. The Labute approximate surface area is 257 Å². The molecule has 3 aromatic heterocycles. The minimum absolute atomic E-state index is 0.124. The number of carbonyl (C=O) groups excluding carboxylic acids is 2. The average molecular weight is 670 g/mol. The zero-order valence-electron chi connectivity index (χ0n) is 21.2. The van der Waals surface area contributed by atoms with E-state index in [0.29, 0.717) is 66.0 Å². The van der Waals surface area contributed by atoms with Crippen molar-refractivity contribution in [3.8, 4) is 11.5 Å². The number of hydrogen-bond acceptors (Lipinski definition) is 9. The summed E-state index contributed by atoms with van der Waals surface area (Å²) < 4.78 is 13.7. The van der Waals surface area contributed by atoms with E-state index in [4.69, 9.17) is 55.9 Å². The van der Waals surface area contributed by atoms with Gasteiger partial charge in [0.2, 0.25) is 0 Å². The molecule has 15 heteroatoms. The predicted octanol–water partition coefficient (Wildman–Crippen LogP) is 8.37. The SMILES string of the molecule is CCCOc1c(C(=O)N/N=C(/C)c2cc(Cl)sc2Cl)sc(C(=O)N/N=C(/C)c2cc(Cl)sc2Cl)c1OCCC. The standard InChI is InChI=1S/C24H24Cl4N4O4S3/c1-5-7-35-17-18(36-8-6-2)20(24(34)32-30-12(4)14-10-16(26)38-22(14)28)39-19(17)23(33)31-29-11(3)13-9-15(25)37-21(13)27/h9-10H,5-8H2,1-4H3,(H,31,33)(H,32,34)/b29-11-,30-12-. The van der Waals surface area contributed by atoms with Crippen LogP contribution in [-0.4, -0.2) is 36.5 Å². The Hall–Kier alpha value is -1.86. The summed E-state index contributed by atoms with van der Waals surface area (Å²) >= 11 is 27.7. The molecule has 0 spiro atoms. The highest BCUT2D eigenvalue weighted by Crippen LogP contribution is 2.43. The molecular weight excluding hydrogens is 646 g/mol. The van der Waals surface area contributed by atoms with Crippen LogP contribution in [0.4, 0.5) is 0 Å². The van der Waals surface area contributed by atoms with Gasteiger partial charge in [-0.05, 0) is 38.8 Å². The van der Waals surface area contributed by atoms with Crippen molar-refractivity contribution >= 4 is 104 Å². The van der Waals surface area contributed by atoms with Crippen molar-refractivity contribution in [2.24, 2.45) is 10.2 Å². The van der Waals surface area contributed by atoms with E-state index in [1.54, 1.807) is 26.0 Å². The minimum atomic E-state index is -0.581. The van der Waals surface area contributed by atoms with Crippen LogP contribution < -0.4 is 20.3 Å². The van der Waals surface area contributed by atoms with Crippen LogP contribution in [0.15, 0.2) is 22.3 Å². The zero-order chi connectivity index (χ0) is 28.7. The van der Waals surface area contributed by atoms with Gasteiger partial charge in [0, 0.05) is 11.1 Å². The number of halogens is 4. The molecule has 3 rings (SSSR count). The van der Waals surface area contributed by atoms with Gasteiger partial charge < -0.3 is 9.47 Å². The van der Waals surface area contributed by atoms with Crippen LogP contribution in [0, 0.1) is 0 Å². The molecule has 0 aliphatic carbocycles. The lowest BCUT2D eigenvalue weighted by Gasteiger charge is -2.11. The van der Waals surface area contributed by atoms with Crippen LogP contribution >= 0.6 is 80.4 Å². The van der Waals surface area contributed by atoms with Crippen molar-refractivity contribution in [2.75, 3.05) is 13.2 Å². The number of ether oxygens (including phenoxy) is 2. The number of nitrogens with zero attached hydrogens (tertiary/aromatic N) is 2. The second-order valence-electron chi connectivity index (χ2n) is 7.87. The van der Waals surface area contributed by atoms with Crippen molar-refractivity contribution in [3.05, 3.63) is 50.4 Å². The van der Waals surface area contributed by atoms with Crippen molar-refractivity contribution in [3.63, 3.8) is 0 Å². The van der Waals surface area contributed by atoms with Crippen molar-refractivity contribution in [2.45, 2.75) is 40.5 Å². The molecule has 2 N–H and O–H groups in total. The molecule has 0 saturated heterocycles. The molecule has 0 aromatic carbocycles. The Morgan fingerprint density at radius 1 is 0.744 bits per heavy atom. The molecule has 0 bridgehead atoms. The fraction of sp³-hybridized carbons (Fsp3) is 0.333. The van der Waals surface area contributed by atoms with E-state index in [-0.39, 0.29) is 21.3 Å². The van der Waals surface area contributed by atoms with Gasteiger partial charge in [-0.3, -0.25) is 9.59 Å². The molecule has 8 nitrogen and oxygen atoms in total. The molecule has 0 aliphatic heterocycles. The maximum absolute atomic E-state index is 13.2. The van der Waals surface area contributed by atoms with Crippen LogP contribution in [0.2, 0.25) is 17.3 Å². The summed E-state index contributed by atoms with van der Waals surface area (Å²) in [6.07, 6.45) is 1.35. The second kappa shape index (κ2) is 14.7. The van der Waals surface area contributed by atoms with Gasteiger partial charge in [-0.15, -0.1) is 34.0 Å². The third-order valence-corrected chi connectivity index (χ3v) is 9.00. The van der Waals surface area contributed by atoms with Crippen LogP contribution in [0.3, 0.4) is 0 Å². The summed E-state index contributed by atoms with van der Waals surface area (Å²) in [7, 11) is 0. The highest BCUT2D eigenvalue weighted by Gasteiger charge is 2.30. The Morgan fingerprint density at radius 3 is 1.44 bits per heavy atom. The average Bonchev–Trinajstić information content (AvgIpc) is 3.55. The highest BCUT2D eigenvalue weighted by atomic mass is 35.5. The lowest BCUT2D eigenvalue weighted by Crippen LogP contribution is -2.19. The second-order valence-corrected chi connectivity index (χ2v) is 13.5. The fourth-order valence-electron chi connectivity index (χ4n) is 3.04. The van der Waals surface area contributed by atoms with Crippen molar-refractivity contribution in [1.82, 2.24) is 10.9 Å². The van der Waals surface area contributed by atoms with Crippen LogP contribution in [0.1, 0.15) is 71.0 Å². The maximum atomic E-state index is 13.2. The maximum Gasteiger partial charge on any atom is 0.285 e. The number of rotatable bonds is 12. The van der Waals surface area contributed by atoms with Gasteiger partial charge in [0.1, 0.15) is 18.4 Å². The van der Waals surface area contributed by atoms with E-state index < -0.39 is 11.8 Å². The lowest BCUT2D eigenvalue weighted by molar-refractivity contribution is 0.0945. The first kappa shape index (κ1) is 31.7. The molecule has 3 heterocycles. The lowest BCUT2D eigenvalue weighted by atomic mass is 10.2. The summed E-state index contributed by atoms with van der Waals surface area (Å²) in [5.41, 5.74) is 7.14. The highest BCUT2D eigenvalue weighted by molar-refractivity contribution is 7.20. The van der Waals surface area contributed by atoms with Gasteiger partial charge in [-0.2, -0.15) is 10.2 Å². The largest absolute Gasteiger partial charge is 0.488 e. The van der Waals surface area contributed by atoms with Gasteiger partial charge in [0.05, 0.1) is 33.3 Å². The molecule has 3 aromatic rings. The summed E-state index contributed by atoms with van der Waals surface area (Å²) in [6, 6.07) is 3.33. The third kappa shape index (κ3) is 8.09. The number of thiophene rings is 3. The van der Waals surface area contributed by atoms with E-state index in [2.05, 4.69) is 21.1 Å². The molecule has 0 saturated carbocycles.